The molecular weight excluding hydrogens is 390 g/mol. The van der Waals surface area contributed by atoms with Gasteiger partial charge in [0.2, 0.25) is 0 Å². The topological polar surface area (TPSA) is 72.9 Å². The fraction of sp³-hybridized carbons (Fsp3) is 0.227. The van der Waals surface area contributed by atoms with Crippen molar-refractivity contribution in [2.45, 2.75) is 26.6 Å². The van der Waals surface area contributed by atoms with Gasteiger partial charge in [0.25, 0.3) is 11.1 Å². The standard InChI is InChI=1S/C22H21NO5S/c1-15(2)28-20(24)13-23-21(25)19(29-22(23)26)12-17-10-6-7-11-18(17)27-14-16-8-4-3-5-9-16/h3-12,15H,13-14H2,1-2H3/b19-12+. The maximum atomic E-state index is 12.6. The summed E-state index contributed by atoms with van der Waals surface area (Å²) >= 11 is 0.796. The van der Waals surface area contributed by atoms with Crippen molar-refractivity contribution < 1.29 is 23.9 Å². The van der Waals surface area contributed by atoms with Crippen molar-refractivity contribution in [1.82, 2.24) is 4.90 Å². The Morgan fingerprint density at radius 2 is 1.76 bits per heavy atom. The van der Waals surface area contributed by atoms with Gasteiger partial charge in [0.15, 0.2) is 0 Å². The van der Waals surface area contributed by atoms with E-state index in [-0.39, 0.29) is 11.0 Å². The minimum atomic E-state index is -0.616. The molecule has 1 aliphatic heterocycles. The molecule has 0 saturated carbocycles. The molecule has 1 aliphatic rings. The van der Waals surface area contributed by atoms with Crippen LogP contribution >= 0.6 is 11.8 Å². The van der Waals surface area contributed by atoms with E-state index in [2.05, 4.69) is 0 Å². The number of hydrogen-bond donors (Lipinski definition) is 0. The zero-order valence-corrected chi connectivity index (χ0v) is 17.0. The van der Waals surface area contributed by atoms with E-state index < -0.39 is 23.7 Å². The highest BCUT2D eigenvalue weighted by molar-refractivity contribution is 8.18. The Balaban J connectivity index is 1.74. The fourth-order valence-electron chi connectivity index (χ4n) is 2.67. The first kappa shape index (κ1) is 20.7. The summed E-state index contributed by atoms with van der Waals surface area (Å²) in [6, 6.07) is 17.0. The zero-order chi connectivity index (χ0) is 20.8. The van der Waals surface area contributed by atoms with Crippen molar-refractivity contribution in [3.8, 4) is 5.75 Å². The molecule has 150 valence electrons. The average Bonchev–Trinajstić information content (AvgIpc) is 2.95. The molecule has 1 heterocycles. The van der Waals surface area contributed by atoms with E-state index in [9.17, 15) is 14.4 Å². The number of benzene rings is 2. The molecule has 0 aliphatic carbocycles. The van der Waals surface area contributed by atoms with Gasteiger partial charge in [-0.2, -0.15) is 0 Å². The SMILES string of the molecule is CC(C)OC(=O)CN1C(=O)S/C(=C/c2ccccc2OCc2ccccc2)C1=O. The van der Waals surface area contributed by atoms with Crippen LogP contribution in [-0.2, 0) is 20.9 Å². The molecule has 6 nitrogen and oxygen atoms in total. The molecule has 0 bridgehead atoms. The monoisotopic (exact) mass is 411 g/mol. The molecule has 7 heteroatoms. The third-order valence-electron chi connectivity index (χ3n) is 3.97. The molecule has 2 aromatic rings. The smallest absolute Gasteiger partial charge is 0.326 e. The van der Waals surface area contributed by atoms with Gasteiger partial charge in [0.1, 0.15) is 18.9 Å². The van der Waals surface area contributed by atoms with Crippen LogP contribution in [0.25, 0.3) is 6.08 Å². The highest BCUT2D eigenvalue weighted by Crippen LogP contribution is 2.34. The van der Waals surface area contributed by atoms with Gasteiger partial charge in [0, 0.05) is 5.56 Å². The number of para-hydroxylation sites is 1. The van der Waals surface area contributed by atoms with Crippen molar-refractivity contribution in [2.24, 2.45) is 0 Å². The van der Waals surface area contributed by atoms with Crippen LogP contribution < -0.4 is 4.74 Å². The van der Waals surface area contributed by atoms with Crippen molar-refractivity contribution in [3.63, 3.8) is 0 Å². The van der Waals surface area contributed by atoms with E-state index in [1.165, 1.54) is 0 Å². The molecule has 0 spiro atoms. The highest BCUT2D eigenvalue weighted by Gasteiger charge is 2.36. The first-order chi connectivity index (χ1) is 13.9. The van der Waals surface area contributed by atoms with Crippen LogP contribution in [0, 0.1) is 0 Å². The highest BCUT2D eigenvalue weighted by atomic mass is 32.2. The Hall–Kier alpha value is -3.06. The van der Waals surface area contributed by atoms with Crippen molar-refractivity contribution in [3.05, 3.63) is 70.6 Å². The van der Waals surface area contributed by atoms with E-state index in [1.54, 1.807) is 32.1 Å². The number of ether oxygens (including phenoxy) is 2. The predicted molar refractivity (Wildman–Crippen MR) is 111 cm³/mol. The molecule has 2 aromatic carbocycles. The molecule has 0 radical (unpaired) electrons. The molecule has 0 atom stereocenters. The number of carbonyl (C=O) groups excluding carboxylic acids is 3. The first-order valence-electron chi connectivity index (χ1n) is 9.14. The van der Waals surface area contributed by atoms with E-state index in [0.717, 1.165) is 22.2 Å². The lowest BCUT2D eigenvalue weighted by Crippen LogP contribution is -2.35. The lowest BCUT2D eigenvalue weighted by Gasteiger charge is -2.13. The summed E-state index contributed by atoms with van der Waals surface area (Å²) in [6.07, 6.45) is 1.30. The summed E-state index contributed by atoms with van der Waals surface area (Å²) in [4.78, 5) is 37.7. The van der Waals surface area contributed by atoms with Crippen LogP contribution in [-0.4, -0.2) is 34.7 Å². The molecule has 0 unspecified atom stereocenters. The Morgan fingerprint density at radius 1 is 1.07 bits per heavy atom. The molecule has 1 saturated heterocycles. The first-order valence-corrected chi connectivity index (χ1v) is 9.96. The second kappa shape index (κ2) is 9.43. The molecule has 1 fully saturated rings. The number of thioether (sulfide) groups is 1. The summed E-state index contributed by atoms with van der Waals surface area (Å²) < 4.78 is 10.9. The van der Waals surface area contributed by atoms with Gasteiger partial charge in [-0.25, -0.2) is 0 Å². The summed E-state index contributed by atoms with van der Waals surface area (Å²) in [5.41, 5.74) is 1.70. The van der Waals surface area contributed by atoms with Crippen LogP contribution in [0.3, 0.4) is 0 Å². The normalized spacial score (nSPS) is 15.3. The summed E-state index contributed by atoms with van der Waals surface area (Å²) in [5.74, 6) is -0.531. The Labute approximate surface area is 173 Å². The molecule has 0 N–H and O–H groups in total. The van der Waals surface area contributed by atoms with Crippen LogP contribution in [0.15, 0.2) is 59.5 Å². The number of amides is 2. The van der Waals surface area contributed by atoms with Gasteiger partial charge >= 0.3 is 5.97 Å². The van der Waals surface area contributed by atoms with Gasteiger partial charge in [-0.15, -0.1) is 0 Å². The van der Waals surface area contributed by atoms with Crippen LogP contribution in [0.2, 0.25) is 0 Å². The van der Waals surface area contributed by atoms with Crippen molar-refractivity contribution in [2.75, 3.05) is 6.54 Å². The minimum Gasteiger partial charge on any atom is -0.488 e. The van der Waals surface area contributed by atoms with Crippen LogP contribution in [0.4, 0.5) is 4.79 Å². The molecule has 3 rings (SSSR count). The van der Waals surface area contributed by atoms with E-state index in [0.29, 0.717) is 17.9 Å². The van der Waals surface area contributed by atoms with Crippen LogP contribution in [0.1, 0.15) is 25.0 Å². The maximum Gasteiger partial charge on any atom is 0.326 e. The van der Waals surface area contributed by atoms with E-state index in [4.69, 9.17) is 9.47 Å². The summed E-state index contributed by atoms with van der Waals surface area (Å²) in [6.45, 7) is 3.40. The summed E-state index contributed by atoms with van der Waals surface area (Å²) in [5, 5.41) is -0.496. The lowest BCUT2D eigenvalue weighted by molar-refractivity contribution is -0.149. The van der Waals surface area contributed by atoms with E-state index >= 15 is 0 Å². The second-order valence-electron chi connectivity index (χ2n) is 6.62. The lowest BCUT2D eigenvalue weighted by atomic mass is 10.1. The summed E-state index contributed by atoms with van der Waals surface area (Å²) in [7, 11) is 0. The van der Waals surface area contributed by atoms with Crippen LogP contribution in [0.5, 0.6) is 5.75 Å². The fourth-order valence-corrected chi connectivity index (χ4v) is 3.50. The maximum absolute atomic E-state index is 12.6. The number of rotatable bonds is 7. The van der Waals surface area contributed by atoms with Crippen molar-refractivity contribution >= 4 is 35.0 Å². The third-order valence-corrected chi connectivity index (χ3v) is 4.88. The molecule has 29 heavy (non-hydrogen) atoms. The predicted octanol–water partition coefficient (Wildman–Crippen LogP) is 4.25. The largest absolute Gasteiger partial charge is 0.488 e. The zero-order valence-electron chi connectivity index (χ0n) is 16.2. The van der Waals surface area contributed by atoms with Crippen molar-refractivity contribution in [1.29, 1.82) is 0 Å². The number of hydrogen-bond acceptors (Lipinski definition) is 6. The van der Waals surface area contributed by atoms with Gasteiger partial charge in [-0.1, -0.05) is 48.5 Å². The second-order valence-corrected chi connectivity index (χ2v) is 7.61. The number of carbonyl (C=O) groups is 3. The number of esters is 1. The Kier molecular flexibility index (Phi) is 6.72. The molecule has 0 aromatic heterocycles. The Morgan fingerprint density at radius 3 is 2.48 bits per heavy atom. The van der Waals surface area contributed by atoms with Gasteiger partial charge < -0.3 is 9.47 Å². The Bertz CT molecular complexity index is 939. The third kappa shape index (κ3) is 5.48. The minimum absolute atomic E-state index is 0.239. The molecule has 2 amide bonds. The number of nitrogens with zero attached hydrogens (tertiary/aromatic N) is 1. The number of imide groups is 1. The van der Waals surface area contributed by atoms with Gasteiger partial charge in [-0.05, 0) is 43.3 Å². The van der Waals surface area contributed by atoms with Gasteiger partial charge in [-0.3, -0.25) is 19.3 Å². The van der Waals surface area contributed by atoms with Gasteiger partial charge in [0.05, 0.1) is 11.0 Å². The van der Waals surface area contributed by atoms with E-state index in [1.807, 2.05) is 42.5 Å². The average molecular weight is 411 g/mol. The molecular formula is C22H21NO5S. The quantitative estimate of drug-likeness (QED) is 0.501.